The molecule has 19 heavy (non-hydrogen) atoms. The van der Waals surface area contributed by atoms with Gasteiger partial charge >= 0.3 is 0 Å². The molecular weight excluding hydrogens is 267 g/mol. The minimum atomic E-state index is -3.41. The second-order valence-electron chi connectivity index (χ2n) is 4.45. The summed E-state index contributed by atoms with van der Waals surface area (Å²) in [6.45, 7) is 1.62. The van der Waals surface area contributed by atoms with Crippen LogP contribution in [0.15, 0.2) is 41.3 Å². The second kappa shape index (κ2) is 4.66. The molecule has 0 fully saturated rings. The zero-order valence-corrected chi connectivity index (χ0v) is 11.3. The molecule has 0 aliphatic carbocycles. The Kier molecular flexibility index (Phi) is 3.32. The van der Waals surface area contributed by atoms with Crippen LogP contribution in [0.25, 0.3) is 11.1 Å². The predicted molar refractivity (Wildman–Crippen MR) is 71.3 cm³/mol. The van der Waals surface area contributed by atoms with Crippen molar-refractivity contribution in [3.05, 3.63) is 47.8 Å². The molecule has 0 saturated carbocycles. The van der Waals surface area contributed by atoms with Gasteiger partial charge in [-0.2, -0.15) is 0 Å². The molecule has 0 amide bonds. The molecule has 5 heteroatoms. The fourth-order valence-electron chi connectivity index (χ4n) is 1.79. The van der Waals surface area contributed by atoms with E-state index >= 15 is 0 Å². The predicted octanol–water partition coefficient (Wildman–Crippen LogP) is 2.91. The molecule has 0 spiro atoms. The van der Waals surface area contributed by atoms with E-state index in [0.29, 0.717) is 16.7 Å². The van der Waals surface area contributed by atoms with E-state index < -0.39 is 9.84 Å². The van der Waals surface area contributed by atoms with E-state index in [4.69, 9.17) is 0 Å². The van der Waals surface area contributed by atoms with Crippen molar-refractivity contribution in [3.8, 4) is 16.9 Å². The topological polar surface area (TPSA) is 54.4 Å². The number of aromatic hydroxyl groups is 1. The Hall–Kier alpha value is -1.88. The summed E-state index contributed by atoms with van der Waals surface area (Å²) in [7, 11) is -3.41. The Bertz CT molecular complexity index is 736. The van der Waals surface area contributed by atoms with Crippen LogP contribution in [-0.4, -0.2) is 19.8 Å². The summed E-state index contributed by atoms with van der Waals surface area (Å²) >= 11 is 0. The van der Waals surface area contributed by atoms with Crippen molar-refractivity contribution in [2.24, 2.45) is 0 Å². The Morgan fingerprint density at radius 1 is 1.05 bits per heavy atom. The smallest absolute Gasteiger partial charge is 0.175 e. The quantitative estimate of drug-likeness (QED) is 0.920. The van der Waals surface area contributed by atoms with E-state index in [2.05, 4.69) is 0 Å². The number of aryl methyl sites for hydroxylation is 1. The Balaban J connectivity index is 2.62. The fourth-order valence-corrected chi connectivity index (χ4v) is 2.46. The fraction of sp³-hybridized carbons (Fsp3) is 0.143. The Morgan fingerprint density at radius 2 is 1.74 bits per heavy atom. The molecule has 0 heterocycles. The minimum Gasteiger partial charge on any atom is -0.508 e. The maximum Gasteiger partial charge on any atom is 0.175 e. The van der Waals surface area contributed by atoms with Crippen molar-refractivity contribution >= 4 is 9.84 Å². The van der Waals surface area contributed by atoms with Gasteiger partial charge in [0.1, 0.15) is 11.6 Å². The molecule has 0 aromatic heterocycles. The highest BCUT2D eigenvalue weighted by atomic mass is 32.2. The van der Waals surface area contributed by atoms with E-state index in [0.717, 1.165) is 6.26 Å². The molecule has 100 valence electrons. The van der Waals surface area contributed by atoms with Crippen LogP contribution in [0.1, 0.15) is 5.56 Å². The van der Waals surface area contributed by atoms with Crippen LogP contribution in [0.5, 0.6) is 5.75 Å². The summed E-state index contributed by atoms with van der Waals surface area (Å²) < 4.78 is 36.3. The number of phenolic OH excluding ortho intramolecular Hbond substituents is 1. The first kappa shape index (κ1) is 13.5. The van der Waals surface area contributed by atoms with Gasteiger partial charge < -0.3 is 5.11 Å². The van der Waals surface area contributed by atoms with E-state index in [1.165, 1.54) is 24.3 Å². The van der Waals surface area contributed by atoms with Gasteiger partial charge in [0.15, 0.2) is 9.84 Å². The molecule has 0 saturated heterocycles. The third-order valence-electron chi connectivity index (χ3n) is 2.81. The van der Waals surface area contributed by atoms with Crippen molar-refractivity contribution in [3.63, 3.8) is 0 Å². The van der Waals surface area contributed by atoms with Crippen LogP contribution in [0.3, 0.4) is 0 Å². The molecule has 0 aliphatic heterocycles. The largest absolute Gasteiger partial charge is 0.508 e. The lowest BCUT2D eigenvalue weighted by molar-refractivity contribution is 0.473. The van der Waals surface area contributed by atoms with E-state index in [-0.39, 0.29) is 16.5 Å². The summed E-state index contributed by atoms with van der Waals surface area (Å²) in [5.41, 5.74) is 1.64. The first-order valence-corrected chi connectivity index (χ1v) is 7.47. The summed E-state index contributed by atoms with van der Waals surface area (Å²) in [5.74, 6) is -0.466. The van der Waals surface area contributed by atoms with Gasteiger partial charge in [0.25, 0.3) is 0 Å². The zero-order valence-electron chi connectivity index (χ0n) is 10.5. The molecule has 0 bridgehead atoms. The molecule has 2 rings (SSSR count). The molecule has 0 radical (unpaired) electrons. The molecule has 2 aromatic rings. The molecular formula is C14H13FO3S. The highest BCUT2D eigenvalue weighted by molar-refractivity contribution is 7.90. The molecule has 0 unspecified atom stereocenters. The first-order valence-electron chi connectivity index (χ1n) is 5.58. The number of hydrogen-bond acceptors (Lipinski definition) is 3. The van der Waals surface area contributed by atoms with E-state index in [1.807, 2.05) is 0 Å². The SMILES string of the molecule is Cc1cc(-c2cc(O)cc(S(C)(=O)=O)c2)ccc1F. The van der Waals surface area contributed by atoms with Crippen molar-refractivity contribution in [1.29, 1.82) is 0 Å². The van der Waals surface area contributed by atoms with E-state index in [1.54, 1.807) is 19.1 Å². The van der Waals surface area contributed by atoms with Gasteiger partial charge in [-0.25, -0.2) is 12.8 Å². The molecule has 3 nitrogen and oxygen atoms in total. The number of benzene rings is 2. The Labute approximate surface area is 111 Å². The lowest BCUT2D eigenvalue weighted by Crippen LogP contribution is -1.97. The number of rotatable bonds is 2. The highest BCUT2D eigenvalue weighted by Gasteiger charge is 2.11. The summed E-state index contributed by atoms with van der Waals surface area (Å²) in [6, 6.07) is 8.56. The van der Waals surface area contributed by atoms with Crippen LogP contribution < -0.4 is 0 Å². The Morgan fingerprint density at radius 3 is 2.32 bits per heavy atom. The average Bonchev–Trinajstić information content (AvgIpc) is 2.31. The number of sulfone groups is 1. The lowest BCUT2D eigenvalue weighted by atomic mass is 10.0. The van der Waals surface area contributed by atoms with Gasteiger partial charge in [-0.3, -0.25) is 0 Å². The lowest BCUT2D eigenvalue weighted by Gasteiger charge is -2.07. The molecule has 0 aliphatic rings. The number of phenols is 1. The van der Waals surface area contributed by atoms with Crippen LogP contribution in [0.4, 0.5) is 4.39 Å². The summed E-state index contributed by atoms with van der Waals surface area (Å²) in [5, 5.41) is 9.60. The maximum atomic E-state index is 13.2. The normalized spacial score (nSPS) is 11.5. The third-order valence-corrected chi connectivity index (χ3v) is 3.90. The number of halogens is 1. The second-order valence-corrected chi connectivity index (χ2v) is 6.47. The number of hydrogen-bond donors (Lipinski definition) is 1. The minimum absolute atomic E-state index is 0.0319. The summed E-state index contributed by atoms with van der Waals surface area (Å²) in [4.78, 5) is 0.0319. The highest BCUT2D eigenvalue weighted by Crippen LogP contribution is 2.28. The van der Waals surface area contributed by atoms with Gasteiger partial charge in [-0.05, 0) is 53.9 Å². The third kappa shape index (κ3) is 2.93. The van der Waals surface area contributed by atoms with Crippen LogP contribution in [0, 0.1) is 12.7 Å². The van der Waals surface area contributed by atoms with Crippen molar-refractivity contribution in [1.82, 2.24) is 0 Å². The van der Waals surface area contributed by atoms with Crippen molar-refractivity contribution in [2.45, 2.75) is 11.8 Å². The first-order chi connectivity index (χ1) is 8.77. The van der Waals surface area contributed by atoms with Gasteiger partial charge in [-0.15, -0.1) is 0 Å². The van der Waals surface area contributed by atoms with Crippen LogP contribution >= 0.6 is 0 Å². The van der Waals surface area contributed by atoms with Gasteiger partial charge in [0.2, 0.25) is 0 Å². The van der Waals surface area contributed by atoms with Crippen molar-refractivity contribution < 1.29 is 17.9 Å². The molecule has 2 aromatic carbocycles. The van der Waals surface area contributed by atoms with Gasteiger partial charge in [-0.1, -0.05) is 6.07 Å². The van der Waals surface area contributed by atoms with E-state index in [9.17, 15) is 17.9 Å². The van der Waals surface area contributed by atoms with Gasteiger partial charge in [0.05, 0.1) is 4.90 Å². The zero-order chi connectivity index (χ0) is 14.2. The molecule has 1 N–H and O–H groups in total. The van der Waals surface area contributed by atoms with Crippen LogP contribution in [-0.2, 0) is 9.84 Å². The summed E-state index contributed by atoms with van der Waals surface area (Å²) in [6.07, 6.45) is 1.07. The maximum absolute atomic E-state index is 13.2. The van der Waals surface area contributed by atoms with Gasteiger partial charge in [0, 0.05) is 6.26 Å². The molecule has 0 atom stereocenters. The monoisotopic (exact) mass is 280 g/mol. The average molecular weight is 280 g/mol. The van der Waals surface area contributed by atoms with Crippen molar-refractivity contribution in [2.75, 3.05) is 6.26 Å². The van der Waals surface area contributed by atoms with Crippen LogP contribution in [0.2, 0.25) is 0 Å². The standard InChI is InChI=1S/C14H13FO3S/c1-9-5-10(3-4-14(9)15)11-6-12(16)8-13(7-11)19(2,17)18/h3-8,16H,1-2H3.